The first-order valence-corrected chi connectivity index (χ1v) is 4.99. The van der Waals surface area contributed by atoms with Crippen molar-refractivity contribution >= 4 is 0 Å². The Balaban J connectivity index is 2.07. The van der Waals surface area contributed by atoms with Crippen molar-refractivity contribution in [3.05, 3.63) is 0 Å². The van der Waals surface area contributed by atoms with E-state index in [0.29, 0.717) is 0 Å². The molecule has 1 saturated heterocycles. The van der Waals surface area contributed by atoms with Crippen LogP contribution in [-0.2, 0) is 0 Å². The van der Waals surface area contributed by atoms with Crippen LogP contribution in [0.4, 0.5) is 0 Å². The van der Waals surface area contributed by atoms with Gasteiger partial charge in [0.25, 0.3) is 0 Å². The molecule has 2 rings (SSSR count). The van der Waals surface area contributed by atoms with Gasteiger partial charge in [0, 0.05) is 0 Å². The number of piperidine rings is 1. The molecule has 0 unspecified atom stereocenters. The zero-order valence-corrected chi connectivity index (χ0v) is 7.64. The van der Waals surface area contributed by atoms with Crippen molar-refractivity contribution < 1.29 is 0 Å². The summed E-state index contributed by atoms with van der Waals surface area (Å²) in [5.41, 5.74) is 0. The highest BCUT2D eigenvalue weighted by atomic mass is 14.9. The van der Waals surface area contributed by atoms with Gasteiger partial charge in [-0.15, -0.1) is 0 Å². The molecule has 1 heteroatoms. The van der Waals surface area contributed by atoms with Gasteiger partial charge in [0.2, 0.25) is 0 Å². The maximum Gasteiger partial charge on any atom is -0.00151 e. The predicted molar refractivity (Wildman–Crippen MR) is 47.4 cm³/mol. The predicted octanol–water partition coefficient (Wildman–Crippen LogP) is 1.89. The maximum absolute atomic E-state index is 3.54. The molecule has 11 heavy (non-hydrogen) atoms. The molecular weight excluding hydrogens is 134 g/mol. The highest BCUT2D eigenvalue weighted by Crippen LogP contribution is 2.42. The van der Waals surface area contributed by atoms with Crippen LogP contribution >= 0.6 is 0 Å². The van der Waals surface area contributed by atoms with E-state index in [2.05, 4.69) is 19.2 Å². The highest BCUT2D eigenvalue weighted by molar-refractivity contribution is 4.90. The van der Waals surface area contributed by atoms with Gasteiger partial charge in [-0.2, -0.15) is 0 Å². The Labute approximate surface area is 69.6 Å². The van der Waals surface area contributed by atoms with E-state index in [4.69, 9.17) is 0 Å². The van der Waals surface area contributed by atoms with Crippen molar-refractivity contribution in [1.82, 2.24) is 5.32 Å². The summed E-state index contributed by atoms with van der Waals surface area (Å²) in [6.07, 6.45) is 2.97. The maximum atomic E-state index is 3.54. The lowest BCUT2D eigenvalue weighted by Gasteiger charge is -2.33. The summed E-state index contributed by atoms with van der Waals surface area (Å²) in [7, 11) is 0. The molecule has 0 aromatic rings. The topological polar surface area (TPSA) is 12.0 Å². The molecule has 0 bridgehead atoms. The van der Waals surface area contributed by atoms with E-state index in [-0.39, 0.29) is 0 Å². The third-order valence-electron chi connectivity index (χ3n) is 3.81. The number of hydrogen-bond acceptors (Lipinski definition) is 1. The SMILES string of the molecule is C[C@@H]1CC[C@@H]2[C@H]1CNC[C@@H]2C. The molecule has 64 valence electrons. The van der Waals surface area contributed by atoms with Crippen molar-refractivity contribution in [1.29, 1.82) is 0 Å². The summed E-state index contributed by atoms with van der Waals surface area (Å²) >= 11 is 0. The molecule has 1 N–H and O–H groups in total. The molecule has 2 aliphatic rings. The normalized spacial score (nSPS) is 50.7. The Hall–Kier alpha value is -0.0400. The van der Waals surface area contributed by atoms with E-state index in [9.17, 15) is 0 Å². The van der Waals surface area contributed by atoms with Crippen molar-refractivity contribution in [2.75, 3.05) is 13.1 Å². The van der Waals surface area contributed by atoms with Crippen molar-refractivity contribution in [3.63, 3.8) is 0 Å². The van der Waals surface area contributed by atoms with E-state index in [0.717, 1.165) is 23.7 Å². The fourth-order valence-corrected chi connectivity index (χ4v) is 2.99. The van der Waals surface area contributed by atoms with Crippen molar-refractivity contribution in [2.24, 2.45) is 23.7 Å². The van der Waals surface area contributed by atoms with Gasteiger partial charge in [0.15, 0.2) is 0 Å². The van der Waals surface area contributed by atoms with E-state index in [1.165, 1.54) is 25.9 Å². The second-order valence-electron chi connectivity index (χ2n) is 4.52. The van der Waals surface area contributed by atoms with Gasteiger partial charge in [0.05, 0.1) is 0 Å². The van der Waals surface area contributed by atoms with Gasteiger partial charge in [0.1, 0.15) is 0 Å². The average molecular weight is 153 g/mol. The number of nitrogens with one attached hydrogen (secondary N) is 1. The first-order chi connectivity index (χ1) is 5.29. The van der Waals surface area contributed by atoms with Crippen LogP contribution in [0.2, 0.25) is 0 Å². The third kappa shape index (κ3) is 1.20. The Morgan fingerprint density at radius 3 is 2.45 bits per heavy atom. The van der Waals surface area contributed by atoms with Crippen LogP contribution in [0.25, 0.3) is 0 Å². The fourth-order valence-electron chi connectivity index (χ4n) is 2.99. The minimum absolute atomic E-state index is 0.929. The molecule has 0 spiro atoms. The van der Waals surface area contributed by atoms with Crippen LogP contribution in [0.1, 0.15) is 26.7 Å². The number of rotatable bonds is 0. The summed E-state index contributed by atoms with van der Waals surface area (Å²) in [5.74, 6) is 3.96. The van der Waals surface area contributed by atoms with E-state index in [1.807, 2.05) is 0 Å². The molecule has 1 heterocycles. The van der Waals surface area contributed by atoms with E-state index >= 15 is 0 Å². The second kappa shape index (κ2) is 2.78. The molecule has 1 aliphatic carbocycles. The van der Waals surface area contributed by atoms with Crippen LogP contribution < -0.4 is 5.32 Å². The molecule has 4 atom stereocenters. The molecule has 1 aliphatic heterocycles. The lowest BCUT2D eigenvalue weighted by atomic mass is 9.79. The first kappa shape index (κ1) is 7.60. The van der Waals surface area contributed by atoms with Gasteiger partial charge in [-0.25, -0.2) is 0 Å². The molecule has 0 amide bonds. The minimum atomic E-state index is 0.929. The van der Waals surface area contributed by atoms with Gasteiger partial charge in [-0.3, -0.25) is 0 Å². The molecule has 2 fully saturated rings. The van der Waals surface area contributed by atoms with Crippen LogP contribution in [-0.4, -0.2) is 13.1 Å². The van der Waals surface area contributed by atoms with Gasteiger partial charge in [-0.05, 0) is 43.2 Å². The Bertz CT molecular complexity index is 142. The summed E-state index contributed by atoms with van der Waals surface area (Å²) in [5, 5.41) is 3.54. The molecule has 0 radical (unpaired) electrons. The quantitative estimate of drug-likeness (QED) is 0.560. The largest absolute Gasteiger partial charge is 0.316 e. The molecule has 0 aromatic heterocycles. The van der Waals surface area contributed by atoms with E-state index in [1.54, 1.807) is 0 Å². The summed E-state index contributed by atoms with van der Waals surface area (Å²) in [6, 6.07) is 0. The zero-order chi connectivity index (χ0) is 7.84. The van der Waals surface area contributed by atoms with Crippen LogP contribution in [0.15, 0.2) is 0 Å². The summed E-state index contributed by atoms with van der Waals surface area (Å²) in [6.45, 7) is 7.37. The van der Waals surface area contributed by atoms with Gasteiger partial charge >= 0.3 is 0 Å². The fraction of sp³-hybridized carbons (Fsp3) is 1.00. The van der Waals surface area contributed by atoms with Crippen LogP contribution in [0.5, 0.6) is 0 Å². The van der Waals surface area contributed by atoms with Crippen LogP contribution in [0, 0.1) is 23.7 Å². The molecular formula is C10H19N. The van der Waals surface area contributed by atoms with Gasteiger partial charge < -0.3 is 5.32 Å². The van der Waals surface area contributed by atoms with Crippen LogP contribution in [0.3, 0.4) is 0 Å². The third-order valence-corrected chi connectivity index (χ3v) is 3.81. The highest BCUT2D eigenvalue weighted by Gasteiger charge is 2.38. The number of hydrogen-bond donors (Lipinski definition) is 1. The number of fused-ring (bicyclic) bond motifs is 1. The average Bonchev–Trinajstić information content (AvgIpc) is 2.35. The molecule has 1 saturated carbocycles. The van der Waals surface area contributed by atoms with Crippen molar-refractivity contribution in [3.8, 4) is 0 Å². The Morgan fingerprint density at radius 1 is 0.909 bits per heavy atom. The molecule has 0 aromatic carbocycles. The van der Waals surface area contributed by atoms with Crippen molar-refractivity contribution in [2.45, 2.75) is 26.7 Å². The standard InChI is InChI=1S/C10H19N/c1-7-3-4-9-8(2)5-11-6-10(7)9/h7-11H,3-6H2,1-2H3/t7-,8+,9+,10+/m1/s1. The molecule has 1 nitrogen and oxygen atoms in total. The lowest BCUT2D eigenvalue weighted by molar-refractivity contribution is 0.190. The summed E-state index contributed by atoms with van der Waals surface area (Å²) in [4.78, 5) is 0. The minimum Gasteiger partial charge on any atom is -0.316 e. The zero-order valence-electron chi connectivity index (χ0n) is 7.64. The summed E-state index contributed by atoms with van der Waals surface area (Å²) < 4.78 is 0. The smallest absolute Gasteiger partial charge is 0.00151 e. The second-order valence-corrected chi connectivity index (χ2v) is 4.52. The Kier molecular flexibility index (Phi) is 1.92. The van der Waals surface area contributed by atoms with E-state index < -0.39 is 0 Å². The Morgan fingerprint density at radius 2 is 1.73 bits per heavy atom. The first-order valence-electron chi connectivity index (χ1n) is 4.99. The lowest BCUT2D eigenvalue weighted by Crippen LogP contribution is -2.41. The van der Waals surface area contributed by atoms with Gasteiger partial charge in [-0.1, -0.05) is 20.3 Å². The monoisotopic (exact) mass is 153 g/mol.